The van der Waals surface area contributed by atoms with Gasteiger partial charge in [-0.25, -0.2) is 4.39 Å². The lowest BCUT2D eigenvalue weighted by atomic mass is 10.2. The summed E-state index contributed by atoms with van der Waals surface area (Å²) < 4.78 is 17.1. The Labute approximate surface area is 75.3 Å². The topological polar surface area (TPSA) is 52.3 Å². The zero-order chi connectivity index (χ0) is 9.84. The number of ether oxygens (including phenoxy) is 1. The Morgan fingerprint density at radius 1 is 1.46 bits per heavy atom. The monoisotopic (exact) mass is 183 g/mol. The number of alkyl halides is 1. The highest BCUT2D eigenvalue weighted by Crippen LogP contribution is 2.13. The summed E-state index contributed by atoms with van der Waals surface area (Å²) in [5, 5.41) is 0. The van der Waals surface area contributed by atoms with Gasteiger partial charge in [-0.05, 0) is 24.3 Å². The van der Waals surface area contributed by atoms with Crippen LogP contribution in [0.1, 0.15) is 17.3 Å². The van der Waals surface area contributed by atoms with Crippen molar-refractivity contribution < 1.29 is 13.9 Å². The minimum absolute atomic E-state index is 0.374. The molecule has 0 saturated carbocycles. The highest BCUT2D eigenvalue weighted by molar-refractivity contribution is 5.92. The molecule has 4 heteroatoms. The van der Waals surface area contributed by atoms with Gasteiger partial charge in [0.25, 0.3) is 0 Å². The van der Waals surface area contributed by atoms with Crippen molar-refractivity contribution in [3.05, 3.63) is 29.8 Å². The van der Waals surface area contributed by atoms with E-state index in [1.807, 2.05) is 0 Å². The van der Waals surface area contributed by atoms with Gasteiger partial charge in [-0.1, -0.05) is 0 Å². The molecule has 1 rings (SSSR count). The molecule has 1 aromatic carbocycles. The Morgan fingerprint density at radius 3 is 2.38 bits per heavy atom. The van der Waals surface area contributed by atoms with Crippen LogP contribution >= 0.6 is 0 Å². The number of benzene rings is 1. The lowest BCUT2D eigenvalue weighted by Gasteiger charge is -2.06. The molecule has 1 amide bonds. The summed E-state index contributed by atoms with van der Waals surface area (Å²) in [5.41, 5.74) is 5.39. The van der Waals surface area contributed by atoms with Crippen molar-refractivity contribution in [2.45, 2.75) is 13.3 Å². The quantitative estimate of drug-likeness (QED) is 0.771. The van der Waals surface area contributed by atoms with Crippen molar-refractivity contribution in [2.75, 3.05) is 0 Å². The third kappa shape index (κ3) is 2.74. The molecule has 0 bridgehead atoms. The third-order valence-electron chi connectivity index (χ3n) is 1.44. The Bertz CT molecular complexity index is 295. The molecule has 1 atom stereocenters. The van der Waals surface area contributed by atoms with Crippen LogP contribution in [0.3, 0.4) is 0 Å². The fourth-order valence-corrected chi connectivity index (χ4v) is 0.885. The maximum Gasteiger partial charge on any atom is 0.248 e. The average Bonchev–Trinajstić information content (AvgIpc) is 2.04. The van der Waals surface area contributed by atoms with Crippen molar-refractivity contribution in [3.63, 3.8) is 0 Å². The molecular weight excluding hydrogens is 173 g/mol. The smallest absolute Gasteiger partial charge is 0.248 e. The molecule has 13 heavy (non-hydrogen) atoms. The van der Waals surface area contributed by atoms with Gasteiger partial charge in [0.15, 0.2) is 0 Å². The molecule has 0 radical (unpaired) electrons. The van der Waals surface area contributed by atoms with Crippen molar-refractivity contribution in [1.82, 2.24) is 0 Å². The molecule has 0 saturated heterocycles. The summed E-state index contributed by atoms with van der Waals surface area (Å²) in [6.45, 7) is 1.28. The van der Waals surface area contributed by atoms with E-state index < -0.39 is 12.3 Å². The molecule has 0 fully saturated rings. The second-order valence-corrected chi connectivity index (χ2v) is 2.55. The normalized spacial score (nSPS) is 12.2. The van der Waals surface area contributed by atoms with E-state index in [1.165, 1.54) is 31.2 Å². The van der Waals surface area contributed by atoms with Gasteiger partial charge < -0.3 is 10.5 Å². The largest absolute Gasteiger partial charge is 0.461 e. The van der Waals surface area contributed by atoms with Crippen LogP contribution in [0.15, 0.2) is 24.3 Å². The van der Waals surface area contributed by atoms with E-state index in [9.17, 15) is 9.18 Å². The number of halogens is 1. The number of primary amides is 1. The molecule has 1 aromatic rings. The SMILES string of the molecule is CC(F)Oc1ccc(C(N)=O)cc1. The van der Waals surface area contributed by atoms with Crippen molar-refractivity contribution in [1.29, 1.82) is 0 Å². The summed E-state index contributed by atoms with van der Waals surface area (Å²) in [6, 6.07) is 5.96. The van der Waals surface area contributed by atoms with Crippen LogP contribution in [-0.2, 0) is 0 Å². The number of hydrogen-bond acceptors (Lipinski definition) is 2. The maximum atomic E-state index is 12.3. The van der Waals surface area contributed by atoms with E-state index in [2.05, 4.69) is 0 Å². The minimum Gasteiger partial charge on any atom is -0.461 e. The van der Waals surface area contributed by atoms with Crippen LogP contribution in [-0.4, -0.2) is 12.3 Å². The summed E-state index contributed by atoms with van der Waals surface area (Å²) in [7, 11) is 0. The Hall–Kier alpha value is -1.58. The molecule has 70 valence electrons. The number of rotatable bonds is 3. The zero-order valence-electron chi connectivity index (χ0n) is 7.16. The van der Waals surface area contributed by atoms with Crippen molar-refractivity contribution in [2.24, 2.45) is 5.73 Å². The summed E-state index contributed by atoms with van der Waals surface area (Å²) >= 11 is 0. The number of amides is 1. The van der Waals surface area contributed by atoms with E-state index in [0.717, 1.165) is 0 Å². The van der Waals surface area contributed by atoms with Crippen LogP contribution in [0, 0.1) is 0 Å². The summed E-state index contributed by atoms with van der Waals surface area (Å²) in [4.78, 5) is 10.6. The molecule has 3 nitrogen and oxygen atoms in total. The van der Waals surface area contributed by atoms with Gasteiger partial charge in [-0.2, -0.15) is 0 Å². The van der Waals surface area contributed by atoms with Gasteiger partial charge in [0, 0.05) is 12.5 Å². The second-order valence-electron chi connectivity index (χ2n) is 2.55. The maximum absolute atomic E-state index is 12.3. The van der Waals surface area contributed by atoms with Gasteiger partial charge in [0.2, 0.25) is 12.3 Å². The first-order valence-corrected chi connectivity index (χ1v) is 3.80. The zero-order valence-corrected chi connectivity index (χ0v) is 7.16. The van der Waals surface area contributed by atoms with Gasteiger partial charge in [0.1, 0.15) is 5.75 Å². The standard InChI is InChI=1S/C9H10FNO2/c1-6(10)13-8-4-2-7(3-5-8)9(11)12/h2-6H,1H3,(H2,11,12). The van der Waals surface area contributed by atoms with Gasteiger partial charge in [-0.15, -0.1) is 0 Å². The molecule has 0 aromatic heterocycles. The lowest BCUT2D eigenvalue weighted by Crippen LogP contribution is -2.10. The van der Waals surface area contributed by atoms with Gasteiger partial charge in [0.05, 0.1) is 0 Å². The highest BCUT2D eigenvalue weighted by Gasteiger charge is 2.02. The predicted molar refractivity (Wildman–Crippen MR) is 46.2 cm³/mol. The van der Waals surface area contributed by atoms with Gasteiger partial charge in [-0.3, -0.25) is 4.79 Å². The van der Waals surface area contributed by atoms with Crippen LogP contribution in [0.25, 0.3) is 0 Å². The fraction of sp³-hybridized carbons (Fsp3) is 0.222. The van der Waals surface area contributed by atoms with E-state index in [0.29, 0.717) is 11.3 Å². The molecule has 1 unspecified atom stereocenters. The molecule has 0 spiro atoms. The Morgan fingerprint density at radius 2 is 2.00 bits per heavy atom. The first-order valence-electron chi connectivity index (χ1n) is 3.80. The second kappa shape index (κ2) is 3.89. The van der Waals surface area contributed by atoms with E-state index in [-0.39, 0.29) is 0 Å². The van der Waals surface area contributed by atoms with Crippen molar-refractivity contribution in [3.8, 4) is 5.75 Å². The number of carbonyl (C=O) groups is 1. The first-order chi connectivity index (χ1) is 6.09. The van der Waals surface area contributed by atoms with Crippen LogP contribution in [0.5, 0.6) is 5.75 Å². The number of nitrogens with two attached hydrogens (primary N) is 1. The summed E-state index contributed by atoms with van der Waals surface area (Å²) in [5.74, 6) is -0.139. The Kier molecular flexibility index (Phi) is 2.84. The van der Waals surface area contributed by atoms with E-state index >= 15 is 0 Å². The summed E-state index contributed by atoms with van der Waals surface area (Å²) in [6.07, 6.45) is -1.36. The molecule has 0 aliphatic rings. The van der Waals surface area contributed by atoms with Gasteiger partial charge >= 0.3 is 0 Å². The van der Waals surface area contributed by atoms with Crippen molar-refractivity contribution >= 4 is 5.91 Å². The minimum atomic E-state index is -1.36. The van der Waals surface area contributed by atoms with Crippen LogP contribution < -0.4 is 10.5 Å². The highest BCUT2D eigenvalue weighted by atomic mass is 19.1. The van der Waals surface area contributed by atoms with Crippen LogP contribution in [0.2, 0.25) is 0 Å². The van der Waals surface area contributed by atoms with E-state index in [4.69, 9.17) is 10.5 Å². The number of hydrogen-bond donors (Lipinski definition) is 1. The Balaban J connectivity index is 2.75. The molecular formula is C9H10FNO2. The van der Waals surface area contributed by atoms with Crippen LogP contribution in [0.4, 0.5) is 4.39 Å². The molecule has 0 heterocycles. The predicted octanol–water partition coefficient (Wildman–Crippen LogP) is 1.48. The third-order valence-corrected chi connectivity index (χ3v) is 1.44. The van der Waals surface area contributed by atoms with E-state index in [1.54, 1.807) is 0 Å². The first kappa shape index (κ1) is 9.51. The molecule has 0 aliphatic carbocycles. The molecule has 0 aliphatic heterocycles. The lowest BCUT2D eigenvalue weighted by molar-refractivity contribution is 0.0860. The fourth-order valence-electron chi connectivity index (χ4n) is 0.885. The average molecular weight is 183 g/mol. The molecule has 2 N–H and O–H groups in total. The number of carbonyl (C=O) groups excluding carboxylic acids is 1.